The highest BCUT2D eigenvalue weighted by Gasteiger charge is 2.03. The molecule has 78 valence electrons. The number of hydrogen-bond donors (Lipinski definition) is 2. The van der Waals surface area contributed by atoms with Gasteiger partial charge in [0, 0.05) is 11.0 Å². The Hall–Kier alpha value is 0.0800. The minimum absolute atomic E-state index is 0.113. The van der Waals surface area contributed by atoms with Crippen LogP contribution in [0.25, 0.3) is 0 Å². The van der Waals surface area contributed by atoms with Crippen LogP contribution < -0.4 is 0 Å². The predicted octanol–water partition coefficient (Wildman–Crippen LogP) is 0.0382. The van der Waals surface area contributed by atoms with Crippen LogP contribution in [0.3, 0.4) is 0 Å². The second kappa shape index (κ2) is 8.67. The number of alkyl halides is 1. The number of aliphatic hydroxyl groups is 1. The Bertz CT molecular complexity index is 144. The quantitative estimate of drug-likeness (QED) is 0.301. The number of hydrogen-bond acceptors (Lipinski definition) is 5. The van der Waals surface area contributed by atoms with Crippen LogP contribution in [0.4, 0.5) is 0 Å². The van der Waals surface area contributed by atoms with E-state index in [-0.39, 0.29) is 32.3 Å². The Balaban J connectivity index is 3.28. The molecular weight excluding hydrogens is 289 g/mol. The van der Waals surface area contributed by atoms with Crippen LogP contribution in [0.5, 0.6) is 0 Å². The zero-order valence-corrected chi connectivity index (χ0v) is 9.44. The fraction of sp³-hybridized carbons (Fsp3) is 0.857. The number of carbonyl (C=O) groups is 1. The summed E-state index contributed by atoms with van der Waals surface area (Å²) >= 11 is 2.09. The topological polar surface area (TPSA) is 70.0 Å². The van der Waals surface area contributed by atoms with Crippen molar-refractivity contribution in [3.05, 3.63) is 0 Å². The summed E-state index contributed by atoms with van der Waals surface area (Å²) in [6, 6.07) is 0. The largest absolute Gasteiger partial charge is 0.464 e. The number of aliphatic hydroxyl groups excluding tert-OH is 1. The lowest BCUT2D eigenvalue weighted by Gasteiger charge is -2.12. The second-order valence-electron chi connectivity index (χ2n) is 2.34. The van der Waals surface area contributed by atoms with Gasteiger partial charge in [-0.1, -0.05) is 22.6 Å². The minimum Gasteiger partial charge on any atom is -0.464 e. The maximum Gasteiger partial charge on any atom is 0.306 e. The zero-order chi connectivity index (χ0) is 10.1. The standard InChI is InChI=1S/C7H14INO4/c8-2-1-7(11)13-6-4-9(12)3-5-10/h10,12H,1-6H2. The number of ether oxygens (including phenoxy) is 1. The van der Waals surface area contributed by atoms with Crippen LogP contribution >= 0.6 is 22.6 Å². The predicted molar refractivity (Wildman–Crippen MR) is 54.9 cm³/mol. The lowest BCUT2D eigenvalue weighted by molar-refractivity contribution is -0.149. The smallest absolute Gasteiger partial charge is 0.306 e. The van der Waals surface area contributed by atoms with Crippen molar-refractivity contribution in [2.45, 2.75) is 6.42 Å². The summed E-state index contributed by atoms with van der Waals surface area (Å²) < 4.78 is 5.50. The molecule has 0 bridgehead atoms. The highest BCUT2D eigenvalue weighted by Crippen LogP contribution is 1.92. The summed E-state index contributed by atoms with van der Waals surface area (Å²) in [5.41, 5.74) is 0. The average molecular weight is 303 g/mol. The van der Waals surface area contributed by atoms with Gasteiger partial charge in [-0.3, -0.25) is 4.79 Å². The molecule has 0 fully saturated rings. The molecule has 5 nitrogen and oxygen atoms in total. The molecule has 0 aliphatic rings. The van der Waals surface area contributed by atoms with Gasteiger partial charge in [-0.05, 0) is 0 Å². The summed E-state index contributed by atoms with van der Waals surface area (Å²) in [5, 5.41) is 18.3. The van der Waals surface area contributed by atoms with E-state index in [4.69, 9.17) is 15.1 Å². The Morgan fingerprint density at radius 1 is 1.46 bits per heavy atom. The molecule has 0 spiro atoms. The van der Waals surface area contributed by atoms with Gasteiger partial charge in [0.25, 0.3) is 0 Å². The summed E-state index contributed by atoms with van der Waals surface area (Å²) in [7, 11) is 0. The molecular formula is C7H14INO4. The maximum absolute atomic E-state index is 10.8. The molecule has 13 heavy (non-hydrogen) atoms. The fourth-order valence-corrected chi connectivity index (χ4v) is 1.08. The van der Waals surface area contributed by atoms with Crippen molar-refractivity contribution in [2.24, 2.45) is 0 Å². The van der Waals surface area contributed by atoms with Gasteiger partial charge < -0.3 is 15.1 Å². The summed E-state index contributed by atoms with van der Waals surface area (Å²) in [4.78, 5) is 10.8. The molecule has 0 aromatic heterocycles. The maximum atomic E-state index is 10.8. The van der Waals surface area contributed by atoms with Crippen LogP contribution in [-0.4, -0.2) is 52.1 Å². The van der Waals surface area contributed by atoms with Gasteiger partial charge in [0.05, 0.1) is 19.6 Å². The minimum atomic E-state index is -0.258. The highest BCUT2D eigenvalue weighted by molar-refractivity contribution is 14.1. The van der Waals surface area contributed by atoms with E-state index in [0.29, 0.717) is 6.42 Å². The number of nitrogens with zero attached hydrogens (tertiary/aromatic N) is 1. The van der Waals surface area contributed by atoms with Crippen molar-refractivity contribution >= 4 is 28.6 Å². The van der Waals surface area contributed by atoms with E-state index in [1.807, 2.05) is 0 Å². The van der Waals surface area contributed by atoms with Crippen molar-refractivity contribution in [3.63, 3.8) is 0 Å². The number of esters is 1. The summed E-state index contributed by atoms with van der Waals surface area (Å²) in [5.74, 6) is -0.258. The van der Waals surface area contributed by atoms with E-state index in [2.05, 4.69) is 22.6 Å². The van der Waals surface area contributed by atoms with Crippen molar-refractivity contribution in [1.29, 1.82) is 0 Å². The number of rotatable bonds is 7. The first-order valence-corrected chi connectivity index (χ1v) is 5.49. The molecule has 0 aromatic carbocycles. The fourth-order valence-electron chi connectivity index (χ4n) is 0.641. The molecule has 0 aliphatic carbocycles. The number of halogens is 1. The molecule has 0 rings (SSSR count). The van der Waals surface area contributed by atoms with Crippen molar-refractivity contribution < 1.29 is 19.8 Å². The van der Waals surface area contributed by atoms with E-state index >= 15 is 0 Å². The molecule has 6 heteroatoms. The Kier molecular flexibility index (Phi) is 8.72. The molecule has 0 saturated heterocycles. The Morgan fingerprint density at radius 2 is 2.15 bits per heavy atom. The molecule has 0 radical (unpaired) electrons. The second-order valence-corrected chi connectivity index (χ2v) is 3.42. The lowest BCUT2D eigenvalue weighted by atomic mass is 10.5. The van der Waals surface area contributed by atoms with Gasteiger partial charge >= 0.3 is 5.97 Å². The third-order valence-corrected chi connectivity index (χ3v) is 1.81. The molecule has 2 N–H and O–H groups in total. The first-order chi connectivity index (χ1) is 6.20. The van der Waals surface area contributed by atoms with E-state index in [1.165, 1.54) is 0 Å². The number of hydroxylamine groups is 2. The van der Waals surface area contributed by atoms with E-state index < -0.39 is 0 Å². The third kappa shape index (κ3) is 8.41. The normalized spacial score (nSPS) is 10.5. The third-order valence-electron chi connectivity index (χ3n) is 1.27. The first-order valence-electron chi connectivity index (χ1n) is 3.97. The van der Waals surface area contributed by atoms with Crippen molar-refractivity contribution in [2.75, 3.05) is 30.7 Å². The van der Waals surface area contributed by atoms with E-state index in [0.717, 1.165) is 9.49 Å². The molecule has 0 unspecified atom stereocenters. The van der Waals surface area contributed by atoms with Gasteiger partial charge in [0.1, 0.15) is 6.61 Å². The summed E-state index contributed by atoms with van der Waals surface area (Å²) in [6.45, 7) is 0.446. The Morgan fingerprint density at radius 3 is 2.69 bits per heavy atom. The van der Waals surface area contributed by atoms with Crippen LogP contribution in [0, 0.1) is 0 Å². The first kappa shape index (κ1) is 13.1. The number of carbonyl (C=O) groups excluding carboxylic acids is 1. The van der Waals surface area contributed by atoms with Gasteiger partial charge in [-0.15, -0.1) is 0 Å². The zero-order valence-electron chi connectivity index (χ0n) is 7.28. The van der Waals surface area contributed by atoms with Crippen molar-refractivity contribution in [3.8, 4) is 0 Å². The molecule has 0 atom stereocenters. The SMILES string of the molecule is O=C(CCI)OCCN(O)CCO. The van der Waals surface area contributed by atoms with Crippen LogP contribution in [-0.2, 0) is 9.53 Å². The van der Waals surface area contributed by atoms with Crippen LogP contribution in [0.2, 0.25) is 0 Å². The van der Waals surface area contributed by atoms with Gasteiger partial charge in [0.15, 0.2) is 0 Å². The molecule has 0 heterocycles. The van der Waals surface area contributed by atoms with Gasteiger partial charge in [-0.25, -0.2) is 0 Å². The lowest BCUT2D eigenvalue weighted by Crippen LogP contribution is -2.27. The molecule has 0 aromatic rings. The van der Waals surface area contributed by atoms with Gasteiger partial charge in [0.2, 0.25) is 0 Å². The van der Waals surface area contributed by atoms with Crippen molar-refractivity contribution in [1.82, 2.24) is 5.06 Å². The van der Waals surface area contributed by atoms with Gasteiger partial charge in [-0.2, -0.15) is 5.06 Å². The summed E-state index contributed by atoms with van der Waals surface area (Å²) in [6.07, 6.45) is 0.395. The van der Waals surface area contributed by atoms with Crippen LogP contribution in [0.1, 0.15) is 6.42 Å². The molecule has 0 saturated carbocycles. The highest BCUT2D eigenvalue weighted by atomic mass is 127. The Labute approximate surface area is 90.8 Å². The monoisotopic (exact) mass is 303 g/mol. The van der Waals surface area contributed by atoms with E-state index in [1.54, 1.807) is 0 Å². The molecule has 0 amide bonds. The molecule has 0 aliphatic heterocycles. The van der Waals surface area contributed by atoms with Crippen LogP contribution in [0.15, 0.2) is 0 Å². The van der Waals surface area contributed by atoms with E-state index in [9.17, 15) is 4.79 Å². The average Bonchev–Trinajstić information content (AvgIpc) is 2.05.